The Kier molecular flexibility index (Phi) is 2.77. The summed E-state index contributed by atoms with van der Waals surface area (Å²) in [5.74, 6) is 0. The summed E-state index contributed by atoms with van der Waals surface area (Å²) in [7, 11) is 0. The van der Waals surface area contributed by atoms with E-state index in [2.05, 4.69) is 73.7 Å². The molecule has 5 rings (SSSR count). The minimum absolute atomic E-state index is 0.948. The number of benzene rings is 4. The molecule has 0 fully saturated rings. The maximum absolute atomic E-state index is 6.23. The van der Waals surface area contributed by atoms with Crippen LogP contribution in [0, 0.1) is 6.92 Å². The summed E-state index contributed by atoms with van der Waals surface area (Å²) in [6, 6.07) is 27.7. The molecule has 4 aromatic carbocycles. The van der Waals surface area contributed by atoms with E-state index in [9.17, 15) is 0 Å². The van der Waals surface area contributed by atoms with E-state index in [1.165, 1.54) is 32.7 Å². The van der Waals surface area contributed by atoms with E-state index in [4.69, 9.17) is 4.42 Å². The van der Waals surface area contributed by atoms with Crippen molar-refractivity contribution in [3.05, 3.63) is 84.4 Å². The largest absolute Gasteiger partial charge is 0.455 e. The van der Waals surface area contributed by atoms with Gasteiger partial charge in [-0.05, 0) is 41.0 Å². The fourth-order valence-electron chi connectivity index (χ4n) is 3.58. The molecule has 1 aromatic heterocycles. The molecule has 0 saturated heterocycles. The van der Waals surface area contributed by atoms with E-state index < -0.39 is 0 Å². The number of rotatable bonds is 1. The van der Waals surface area contributed by atoms with Gasteiger partial charge >= 0.3 is 0 Å². The monoisotopic (exact) mass is 308 g/mol. The third kappa shape index (κ3) is 1.88. The third-order valence-corrected chi connectivity index (χ3v) is 4.79. The van der Waals surface area contributed by atoms with Crippen LogP contribution in [0.15, 0.2) is 83.3 Å². The van der Waals surface area contributed by atoms with Crippen molar-refractivity contribution in [1.29, 1.82) is 0 Å². The molecule has 1 heteroatoms. The van der Waals surface area contributed by atoms with Crippen molar-refractivity contribution in [2.75, 3.05) is 0 Å². The van der Waals surface area contributed by atoms with Gasteiger partial charge in [0.25, 0.3) is 0 Å². The Labute approximate surface area is 140 Å². The molecule has 1 heterocycles. The highest BCUT2D eigenvalue weighted by atomic mass is 16.3. The Morgan fingerprint density at radius 3 is 2.42 bits per heavy atom. The molecule has 0 amide bonds. The van der Waals surface area contributed by atoms with Gasteiger partial charge in [0.2, 0.25) is 0 Å². The highest BCUT2D eigenvalue weighted by molar-refractivity contribution is 6.11. The molecule has 0 aliphatic rings. The van der Waals surface area contributed by atoms with Gasteiger partial charge in [0.15, 0.2) is 0 Å². The maximum atomic E-state index is 6.23. The first-order chi connectivity index (χ1) is 11.8. The number of fused-ring (bicyclic) bond motifs is 4. The van der Waals surface area contributed by atoms with Gasteiger partial charge in [-0.1, -0.05) is 66.7 Å². The first-order valence-electron chi connectivity index (χ1n) is 8.21. The first-order valence-corrected chi connectivity index (χ1v) is 8.21. The average Bonchev–Trinajstić information content (AvgIpc) is 3.02. The topological polar surface area (TPSA) is 13.1 Å². The normalized spacial score (nSPS) is 11.5. The summed E-state index contributed by atoms with van der Waals surface area (Å²) in [5, 5.41) is 4.91. The van der Waals surface area contributed by atoms with Gasteiger partial charge in [0.1, 0.15) is 11.2 Å². The Morgan fingerprint density at radius 2 is 1.50 bits per heavy atom. The SMILES string of the molecule is Cc1ccc(-c2ccc3ccccc3c2)c2oc3ccccc3c12. The van der Waals surface area contributed by atoms with Crippen molar-refractivity contribution in [2.45, 2.75) is 6.92 Å². The molecule has 0 aliphatic carbocycles. The van der Waals surface area contributed by atoms with Crippen LogP contribution in [0.3, 0.4) is 0 Å². The minimum Gasteiger partial charge on any atom is -0.455 e. The predicted molar refractivity (Wildman–Crippen MR) is 101 cm³/mol. The van der Waals surface area contributed by atoms with E-state index in [0.717, 1.165) is 16.7 Å². The Hall–Kier alpha value is -3.06. The fraction of sp³-hybridized carbons (Fsp3) is 0.0435. The van der Waals surface area contributed by atoms with E-state index in [-0.39, 0.29) is 0 Å². The molecule has 0 N–H and O–H groups in total. The Bertz CT molecular complexity index is 1210. The highest BCUT2D eigenvalue weighted by Gasteiger charge is 2.14. The summed E-state index contributed by atoms with van der Waals surface area (Å²) in [4.78, 5) is 0. The first kappa shape index (κ1) is 13.4. The van der Waals surface area contributed by atoms with Gasteiger partial charge in [-0.3, -0.25) is 0 Å². The van der Waals surface area contributed by atoms with Crippen molar-refractivity contribution < 1.29 is 4.42 Å². The van der Waals surface area contributed by atoms with Crippen LogP contribution in [0.5, 0.6) is 0 Å². The van der Waals surface area contributed by atoms with E-state index in [0.29, 0.717) is 0 Å². The van der Waals surface area contributed by atoms with Gasteiger partial charge in [0.05, 0.1) is 0 Å². The molecule has 0 atom stereocenters. The molecule has 0 spiro atoms. The van der Waals surface area contributed by atoms with Crippen molar-refractivity contribution in [1.82, 2.24) is 0 Å². The number of hydrogen-bond donors (Lipinski definition) is 0. The van der Waals surface area contributed by atoms with Crippen LogP contribution in [0.1, 0.15) is 5.56 Å². The van der Waals surface area contributed by atoms with Gasteiger partial charge in [0, 0.05) is 16.3 Å². The second kappa shape index (κ2) is 4.97. The standard InChI is InChI=1S/C23H16O/c1-15-10-13-19(18-12-11-16-6-2-3-7-17(16)14-18)23-22(15)20-8-4-5-9-21(20)24-23/h2-14H,1H3. The quantitative estimate of drug-likeness (QED) is 0.335. The minimum atomic E-state index is 0.948. The molecule has 0 radical (unpaired) electrons. The van der Waals surface area contributed by atoms with Crippen molar-refractivity contribution >= 4 is 32.7 Å². The lowest BCUT2D eigenvalue weighted by molar-refractivity contribution is 0.670. The van der Waals surface area contributed by atoms with Crippen molar-refractivity contribution in [2.24, 2.45) is 0 Å². The van der Waals surface area contributed by atoms with Crippen LogP contribution in [0.2, 0.25) is 0 Å². The second-order valence-corrected chi connectivity index (χ2v) is 6.29. The average molecular weight is 308 g/mol. The van der Waals surface area contributed by atoms with Crippen LogP contribution in [-0.2, 0) is 0 Å². The van der Waals surface area contributed by atoms with Crippen LogP contribution < -0.4 is 0 Å². The zero-order valence-electron chi connectivity index (χ0n) is 13.4. The zero-order chi connectivity index (χ0) is 16.1. The summed E-state index contributed by atoms with van der Waals surface area (Å²) < 4.78 is 6.23. The molecule has 0 bridgehead atoms. The van der Waals surface area contributed by atoms with Gasteiger partial charge in [-0.25, -0.2) is 0 Å². The van der Waals surface area contributed by atoms with E-state index in [1.54, 1.807) is 0 Å². The molecular weight excluding hydrogens is 292 g/mol. The molecule has 1 nitrogen and oxygen atoms in total. The van der Waals surface area contributed by atoms with E-state index >= 15 is 0 Å². The summed E-state index contributed by atoms with van der Waals surface area (Å²) in [6.45, 7) is 2.15. The summed E-state index contributed by atoms with van der Waals surface area (Å²) in [6.07, 6.45) is 0. The van der Waals surface area contributed by atoms with Crippen molar-refractivity contribution in [3.63, 3.8) is 0 Å². The lowest BCUT2D eigenvalue weighted by Gasteiger charge is -2.06. The summed E-state index contributed by atoms with van der Waals surface area (Å²) in [5.41, 5.74) is 5.52. The molecule has 0 unspecified atom stereocenters. The van der Waals surface area contributed by atoms with Gasteiger partial charge < -0.3 is 4.42 Å². The number of hydrogen-bond acceptors (Lipinski definition) is 1. The van der Waals surface area contributed by atoms with Crippen LogP contribution in [-0.4, -0.2) is 0 Å². The molecular formula is C23H16O. The predicted octanol–water partition coefficient (Wildman–Crippen LogP) is 6.71. The van der Waals surface area contributed by atoms with E-state index in [1.807, 2.05) is 12.1 Å². The molecule has 0 saturated carbocycles. The fourth-order valence-corrected chi connectivity index (χ4v) is 3.58. The third-order valence-electron chi connectivity index (χ3n) is 4.79. The number of furan rings is 1. The van der Waals surface area contributed by atoms with Gasteiger partial charge in [-0.15, -0.1) is 0 Å². The van der Waals surface area contributed by atoms with Crippen LogP contribution >= 0.6 is 0 Å². The summed E-state index contributed by atoms with van der Waals surface area (Å²) >= 11 is 0. The van der Waals surface area contributed by atoms with Crippen LogP contribution in [0.25, 0.3) is 43.8 Å². The lowest BCUT2D eigenvalue weighted by atomic mass is 9.97. The highest BCUT2D eigenvalue weighted by Crippen LogP contribution is 2.38. The zero-order valence-corrected chi connectivity index (χ0v) is 13.4. The number of para-hydroxylation sites is 1. The van der Waals surface area contributed by atoms with Crippen molar-refractivity contribution in [3.8, 4) is 11.1 Å². The molecule has 5 aromatic rings. The van der Waals surface area contributed by atoms with Gasteiger partial charge in [-0.2, -0.15) is 0 Å². The Balaban J connectivity index is 1.87. The van der Waals surface area contributed by atoms with Crippen LogP contribution in [0.4, 0.5) is 0 Å². The smallest absolute Gasteiger partial charge is 0.143 e. The second-order valence-electron chi connectivity index (χ2n) is 6.29. The maximum Gasteiger partial charge on any atom is 0.143 e. The Morgan fingerprint density at radius 1 is 0.708 bits per heavy atom. The lowest BCUT2D eigenvalue weighted by Crippen LogP contribution is -1.82. The molecule has 0 aliphatic heterocycles. The molecule has 114 valence electrons. The molecule has 24 heavy (non-hydrogen) atoms. The number of aryl methyl sites for hydroxylation is 1.